The van der Waals surface area contributed by atoms with E-state index in [1.165, 1.54) is 31.4 Å². The molecule has 1 aliphatic heterocycles. The minimum atomic E-state index is -0.985. The molecule has 1 saturated heterocycles. The van der Waals surface area contributed by atoms with E-state index < -0.39 is 22.8 Å². The Balaban J connectivity index is 1.55. The predicted octanol–water partition coefficient (Wildman–Crippen LogP) is 4.20. The summed E-state index contributed by atoms with van der Waals surface area (Å²) >= 11 is 1.97. The molecule has 0 radical (unpaired) electrons. The molecule has 13 heteroatoms. The third-order valence-electron chi connectivity index (χ3n) is 5.63. The number of ether oxygens (including phenoxy) is 2. The standard InChI is InChI=1S/C27H21IN4O8/c1-15-4-3-5-17(10-15)29-23(33)14-40-24-21(28)12-16(13-22(24)39-2)11-20-25(34)30-27(36)31(26(20)35)18-6-8-19(9-7-18)32(37)38/h3-13H,14H2,1-2H3,(H,29,33)(H,30,34,36)/b20-11+. The van der Waals surface area contributed by atoms with E-state index in [-0.39, 0.29) is 41.0 Å². The fraction of sp³-hybridized carbons (Fsp3) is 0.111. The summed E-state index contributed by atoms with van der Waals surface area (Å²) in [5, 5.41) is 15.8. The third-order valence-corrected chi connectivity index (χ3v) is 6.43. The molecule has 4 rings (SSSR count). The zero-order valence-electron chi connectivity index (χ0n) is 21.1. The highest BCUT2D eigenvalue weighted by molar-refractivity contribution is 14.1. The lowest BCUT2D eigenvalue weighted by atomic mass is 10.1. The van der Waals surface area contributed by atoms with E-state index in [4.69, 9.17) is 9.47 Å². The number of nitro benzene ring substituents is 1. The van der Waals surface area contributed by atoms with Gasteiger partial charge in [-0.1, -0.05) is 12.1 Å². The topological polar surface area (TPSA) is 157 Å². The minimum Gasteiger partial charge on any atom is -0.493 e. The van der Waals surface area contributed by atoms with E-state index >= 15 is 0 Å². The molecule has 1 aliphatic rings. The Bertz CT molecular complexity index is 1570. The lowest BCUT2D eigenvalue weighted by Crippen LogP contribution is -2.54. The van der Waals surface area contributed by atoms with Crippen LogP contribution in [0, 0.1) is 20.6 Å². The summed E-state index contributed by atoms with van der Waals surface area (Å²) in [6, 6.07) is 14.2. The molecular weight excluding hydrogens is 635 g/mol. The Labute approximate surface area is 241 Å². The van der Waals surface area contributed by atoms with Gasteiger partial charge in [-0.05, 0) is 83.1 Å². The van der Waals surface area contributed by atoms with E-state index in [2.05, 4.69) is 10.6 Å². The van der Waals surface area contributed by atoms with Crippen LogP contribution in [-0.2, 0) is 14.4 Å². The predicted molar refractivity (Wildman–Crippen MR) is 153 cm³/mol. The second-order valence-electron chi connectivity index (χ2n) is 8.47. The molecule has 12 nitrogen and oxygen atoms in total. The fourth-order valence-corrected chi connectivity index (χ4v) is 4.58. The second-order valence-corrected chi connectivity index (χ2v) is 9.63. The maximum atomic E-state index is 13.2. The number of anilines is 2. The molecule has 1 heterocycles. The summed E-state index contributed by atoms with van der Waals surface area (Å²) in [4.78, 5) is 61.6. The van der Waals surface area contributed by atoms with Crippen LogP contribution in [0.15, 0.2) is 66.2 Å². The summed E-state index contributed by atoms with van der Waals surface area (Å²) in [6.07, 6.45) is 1.28. The highest BCUT2D eigenvalue weighted by Gasteiger charge is 2.37. The maximum Gasteiger partial charge on any atom is 0.335 e. The maximum absolute atomic E-state index is 13.2. The molecule has 0 unspecified atom stereocenters. The van der Waals surface area contributed by atoms with Crippen LogP contribution in [0.4, 0.5) is 21.9 Å². The number of carbonyl (C=O) groups is 4. The molecule has 40 heavy (non-hydrogen) atoms. The van der Waals surface area contributed by atoms with Gasteiger partial charge in [0, 0.05) is 17.8 Å². The van der Waals surface area contributed by atoms with E-state index in [0.29, 0.717) is 19.7 Å². The second kappa shape index (κ2) is 11.9. The van der Waals surface area contributed by atoms with Crippen molar-refractivity contribution in [2.24, 2.45) is 0 Å². The number of urea groups is 1. The van der Waals surface area contributed by atoms with Crippen molar-refractivity contribution in [3.8, 4) is 11.5 Å². The van der Waals surface area contributed by atoms with Gasteiger partial charge >= 0.3 is 6.03 Å². The lowest BCUT2D eigenvalue weighted by molar-refractivity contribution is -0.384. The van der Waals surface area contributed by atoms with Gasteiger partial charge in [0.1, 0.15) is 5.57 Å². The number of hydrogen-bond donors (Lipinski definition) is 2. The van der Waals surface area contributed by atoms with Gasteiger partial charge in [-0.2, -0.15) is 0 Å². The smallest absolute Gasteiger partial charge is 0.335 e. The number of rotatable bonds is 8. The number of aryl methyl sites for hydroxylation is 1. The number of halogens is 1. The number of carbonyl (C=O) groups excluding carboxylic acids is 4. The van der Waals surface area contributed by atoms with Gasteiger partial charge in [0.15, 0.2) is 18.1 Å². The lowest BCUT2D eigenvalue weighted by Gasteiger charge is -2.26. The van der Waals surface area contributed by atoms with Crippen molar-refractivity contribution in [1.82, 2.24) is 5.32 Å². The number of non-ortho nitro benzene ring substituents is 1. The first-order valence-electron chi connectivity index (χ1n) is 11.6. The number of nitrogens with one attached hydrogen (secondary N) is 2. The highest BCUT2D eigenvalue weighted by atomic mass is 127. The largest absolute Gasteiger partial charge is 0.493 e. The number of nitrogens with zero attached hydrogens (tertiary/aromatic N) is 2. The summed E-state index contributed by atoms with van der Waals surface area (Å²) in [5.41, 5.74) is 1.48. The van der Waals surface area contributed by atoms with Crippen LogP contribution in [0.1, 0.15) is 11.1 Å². The van der Waals surface area contributed by atoms with Crippen LogP contribution in [0.2, 0.25) is 0 Å². The Morgan fingerprint density at radius 3 is 2.50 bits per heavy atom. The van der Waals surface area contributed by atoms with Crippen molar-refractivity contribution in [1.29, 1.82) is 0 Å². The molecule has 0 spiro atoms. The number of imide groups is 2. The summed E-state index contributed by atoms with van der Waals surface area (Å²) in [7, 11) is 1.40. The third kappa shape index (κ3) is 6.26. The summed E-state index contributed by atoms with van der Waals surface area (Å²) in [5.74, 6) is -1.67. The first kappa shape index (κ1) is 28.2. The molecule has 5 amide bonds. The van der Waals surface area contributed by atoms with Gasteiger partial charge in [0.25, 0.3) is 23.4 Å². The Morgan fingerprint density at radius 1 is 1.12 bits per heavy atom. The molecule has 0 saturated carbocycles. The Morgan fingerprint density at radius 2 is 1.85 bits per heavy atom. The molecule has 1 fully saturated rings. The first-order valence-corrected chi connectivity index (χ1v) is 12.7. The SMILES string of the molecule is COc1cc(/C=C2\C(=O)NC(=O)N(c3ccc([N+](=O)[O-])cc3)C2=O)cc(I)c1OCC(=O)Nc1cccc(C)c1. The zero-order chi connectivity index (χ0) is 29.0. The zero-order valence-corrected chi connectivity index (χ0v) is 23.3. The van der Waals surface area contributed by atoms with E-state index in [1.807, 2.05) is 47.7 Å². The molecule has 3 aromatic carbocycles. The van der Waals surface area contributed by atoms with Gasteiger partial charge in [-0.3, -0.25) is 29.8 Å². The number of nitro groups is 1. The van der Waals surface area contributed by atoms with E-state index in [9.17, 15) is 29.3 Å². The van der Waals surface area contributed by atoms with Crippen LogP contribution >= 0.6 is 22.6 Å². The van der Waals surface area contributed by atoms with Crippen molar-refractivity contribution in [2.75, 3.05) is 23.9 Å². The number of methoxy groups -OCH3 is 1. The van der Waals surface area contributed by atoms with Gasteiger partial charge in [-0.15, -0.1) is 0 Å². The van der Waals surface area contributed by atoms with Crippen molar-refractivity contribution in [3.63, 3.8) is 0 Å². The summed E-state index contributed by atoms with van der Waals surface area (Å²) < 4.78 is 11.7. The van der Waals surface area contributed by atoms with Crippen molar-refractivity contribution in [2.45, 2.75) is 6.92 Å². The van der Waals surface area contributed by atoms with Crippen molar-refractivity contribution >= 4 is 69.5 Å². The van der Waals surface area contributed by atoms with Gasteiger partial charge in [-0.25, -0.2) is 9.69 Å². The molecule has 0 aliphatic carbocycles. The average molecular weight is 656 g/mol. The number of hydrogen-bond acceptors (Lipinski definition) is 8. The molecule has 2 N–H and O–H groups in total. The minimum absolute atomic E-state index is 0.0475. The van der Waals surface area contributed by atoms with Crippen LogP contribution in [-0.4, -0.2) is 42.4 Å². The van der Waals surface area contributed by atoms with Crippen molar-refractivity contribution < 1.29 is 33.6 Å². The number of amides is 5. The van der Waals surface area contributed by atoms with Crippen LogP contribution in [0.3, 0.4) is 0 Å². The van der Waals surface area contributed by atoms with Gasteiger partial charge < -0.3 is 14.8 Å². The van der Waals surface area contributed by atoms with Crippen LogP contribution < -0.4 is 25.0 Å². The first-order chi connectivity index (χ1) is 19.1. The molecule has 0 aromatic heterocycles. The van der Waals surface area contributed by atoms with E-state index in [0.717, 1.165) is 17.7 Å². The normalized spacial score (nSPS) is 14.1. The number of benzene rings is 3. The molecular formula is C27H21IN4O8. The molecule has 204 valence electrons. The number of barbiturate groups is 1. The van der Waals surface area contributed by atoms with Crippen LogP contribution in [0.25, 0.3) is 6.08 Å². The monoisotopic (exact) mass is 656 g/mol. The quantitative estimate of drug-likeness (QED) is 0.120. The van der Waals surface area contributed by atoms with Crippen molar-refractivity contribution in [3.05, 3.63) is 91.0 Å². The van der Waals surface area contributed by atoms with E-state index in [1.54, 1.807) is 12.1 Å². The van der Waals surface area contributed by atoms with Gasteiger partial charge in [0.05, 0.1) is 21.3 Å². The fourth-order valence-electron chi connectivity index (χ4n) is 3.80. The average Bonchev–Trinajstić information content (AvgIpc) is 2.90. The molecule has 0 bridgehead atoms. The van der Waals surface area contributed by atoms with Gasteiger partial charge in [0.2, 0.25) is 0 Å². The van der Waals surface area contributed by atoms with Crippen LogP contribution in [0.5, 0.6) is 11.5 Å². The Hall–Kier alpha value is -4.79. The molecule has 3 aromatic rings. The summed E-state index contributed by atoms with van der Waals surface area (Å²) in [6.45, 7) is 1.61. The molecule has 0 atom stereocenters. The highest BCUT2D eigenvalue weighted by Crippen LogP contribution is 2.35. The Kier molecular flexibility index (Phi) is 8.43.